The van der Waals surface area contributed by atoms with Gasteiger partial charge in [-0.2, -0.15) is 0 Å². The van der Waals surface area contributed by atoms with Crippen LogP contribution in [0.1, 0.15) is 41.1 Å². The number of nitrogens with one attached hydrogen (secondary N) is 1. The van der Waals surface area contributed by atoms with Gasteiger partial charge in [0.1, 0.15) is 10.7 Å². The second kappa shape index (κ2) is 7.12. The Morgan fingerprint density at radius 3 is 2.21 bits per heavy atom. The molecule has 9 heteroatoms. The molecule has 1 aromatic carbocycles. The normalized spacial score (nSPS) is 14.6. The van der Waals surface area contributed by atoms with E-state index in [1.807, 2.05) is 0 Å². The summed E-state index contributed by atoms with van der Waals surface area (Å²) in [5, 5.41) is 0.510. The summed E-state index contributed by atoms with van der Waals surface area (Å²) in [4.78, 5) is 20.9. The van der Waals surface area contributed by atoms with Crippen LogP contribution in [0.4, 0.5) is 22.0 Å². The first-order valence-corrected chi connectivity index (χ1v) is 9.44. The second-order valence-corrected chi connectivity index (χ2v) is 7.60. The van der Waals surface area contributed by atoms with Gasteiger partial charge in [-0.1, -0.05) is 6.42 Å². The maximum Gasteiger partial charge on any atom is 0.260 e. The minimum absolute atomic E-state index is 0.0298. The quantitative estimate of drug-likeness (QED) is 0.275. The predicted octanol–water partition coefficient (Wildman–Crippen LogP) is 5.12. The summed E-state index contributed by atoms with van der Waals surface area (Å²) in [5.41, 5.74) is -0.496. The molecule has 0 bridgehead atoms. The third-order valence-corrected chi connectivity index (χ3v) is 5.93. The average molecular weight is 412 g/mol. The number of aromatic amines is 1. The topological polar surface area (TPSA) is 45.8 Å². The van der Waals surface area contributed by atoms with Crippen molar-refractivity contribution in [2.45, 2.75) is 32.1 Å². The number of aromatic nitrogens is 2. The Balaban J connectivity index is 1.79. The molecule has 0 unspecified atom stereocenters. The number of benzene rings is 1. The molecule has 0 amide bonds. The number of H-pyrrole nitrogens is 1. The number of hydrogen-bond donors (Lipinski definition) is 1. The molecule has 1 aliphatic rings. The van der Waals surface area contributed by atoms with E-state index in [0.29, 0.717) is 16.3 Å². The molecule has 0 spiro atoms. The van der Waals surface area contributed by atoms with E-state index in [2.05, 4.69) is 9.97 Å². The largest absolute Gasteiger partial charge is 0.306 e. The number of aryl methyl sites for hydroxylation is 2. The molecule has 3 nitrogen and oxygen atoms in total. The van der Waals surface area contributed by atoms with Gasteiger partial charge in [0, 0.05) is 4.88 Å². The van der Waals surface area contributed by atoms with Crippen LogP contribution in [0, 0.1) is 29.1 Å². The van der Waals surface area contributed by atoms with Crippen LogP contribution in [0.2, 0.25) is 0 Å². The van der Waals surface area contributed by atoms with Crippen molar-refractivity contribution in [3.05, 3.63) is 61.3 Å². The van der Waals surface area contributed by atoms with Crippen LogP contribution in [0.25, 0.3) is 22.4 Å². The lowest BCUT2D eigenvalue weighted by Gasteiger charge is -2.04. The van der Waals surface area contributed by atoms with Crippen molar-refractivity contribution in [2.24, 2.45) is 0 Å². The molecule has 4 rings (SSSR count). The smallest absolute Gasteiger partial charge is 0.260 e. The van der Waals surface area contributed by atoms with Gasteiger partial charge in [-0.05, 0) is 43.4 Å². The summed E-state index contributed by atoms with van der Waals surface area (Å²) in [6, 6.07) is 0. The van der Waals surface area contributed by atoms with E-state index in [0.717, 1.165) is 48.6 Å². The molecule has 3 aromatic rings. The fourth-order valence-electron chi connectivity index (χ4n) is 3.37. The summed E-state index contributed by atoms with van der Waals surface area (Å²) in [6.07, 6.45) is 6.50. The average Bonchev–Trinajstić information content (AvgIpc) is 2.86. The Hall–Kier alpha value is -2.55. The number of fused-ring (bicyclic) bond motifs is 3. The monoisotopic (exact) mass is 412 g/mol. The van der Waals surface area contributed by atoms with E-state index >= 15 is 0 Å². The molecular weight excluding hydrogens is 399 g/mol. The first-order valence-electron chi connectivity index (χ1n) is 8.62. The van der Waals surface area contributed by atoms with Crippen molar-refractivity contribution in [2.75, 3.05) is 0 Å². The number of rotatable bonds is 2. The Kier molecular flexibility index (Phi) is 4.78. The van der Waals surface area contributed by atoms with Gasteiger partial charge in [-0.3, -0.25) is 4.79 Å². The van der Waals surface area contributed by atoms with Crippen LogP contribution in [0.15, 0.2) is 4.79 Å². The van der Waals surface area contributed by atoms with Crippen molar-refractivity contribution in [3.63, 3.8) is 0 Å². The van der Waals surface area contributed by atoms with Crippen molar-refractivity contribution < 1.29 is 22.0 Å². The van der Waals surface area contributed by atoms with Gasteiger partial charge in [-0.25, -0.2) is 26.9 Å². The summed E-state index contributed by atoms with van der Waals surface area (Å²) >= 11 is 1.39. The van der Waals surface area contributed by atoms with Gasteiger partial charge >= 0.3 is 0 Å². The van der Waals surface area contributed by atoms with Gasteiger partial charge in [-0.15, -0.1) is 11.3 Å². The summed E-state index contributed by atoms with van der Waals surface area (Å²) in [7, 11) is 0. The molecule has 2 aromatic heterocycles. The third-order valence-electron chi connectivity index (χ3n) is 4.75. The second-order valence-electron chi connectivity index (χ2n) is 6.51. The third kappa shape index (κ3) is 3.03. The van der Waals surface area contributed by atoms with E-state index in [9.17, 15) is 26.7 Å². The SMILES string of the molecule is O=c1[nH]c(/C=C/c2c(F)c(F)c(F)c(F)c2F)nc2sc3c(c12)CCCCC3. The zero-order valence-corrected chi connectivity index (χ0v) is 15.2. The highest BCUT2D eigenvalue weighted by molar-refractivity contribution is 7.18. The van der Waals surface area contributed by atoms with E-state index in [1.54, 1.807) is 0 Å². The van der Waals surface area contributed by atoms with Gasteiger partial charge in [0.15, 0.2) is 23.3 Å². The van der Waals surface area contributed by atoms with E-state index in [-0.39, 0.29) is 11.4 Å². The molecule has 2 heterocycles. The molecule has 0 fully saturated rings. The molecule has 0 atom stereocenters. The molecule has 0 aliphatic heterocycles. The number of hydrogen-bond acceptors (Lipinski definition) is 3. The van der Waals surface area contributed by atoms with Crippen LogP contribution >= 0.6 is 11.3 Å². The Morgan fingerprint density at radius 1 is 0.857 bits per heavy atom. The van der Waals surface area contributed by atoms with Gasteiger partial charge in [0.2, 0.25) is 5.82 Å². The summed E-state index contributed by atoms with van der Waals surface area (Å²) in [5.74, 6) is -10.2. The first kappa shape index (κ1) is 18.8. The highest BCUT2D eigenvalue weighted by Crippen LogP contribution is 2.33. The van der Waals surface area contributed by atoms with Gasteiger partial charge in [0.05, 0.1) is 10.9 Å². The molecule has 1 N–H and O–H groups in total. The highest BCUT2D eigenvalue weighted by Gasteiger charge is 2.24. The van der Waals surface area contributed by atoms with Crippen LogP contribution in [0.3, 0.4) is 0 Å². The Morgan fingerprint density at radius 2 is 1.50 bits per heavy atom. The number of thiophene rings is 1. The van der Waals surface area contributed by atoms with Crippen LogP contribution in [0.5, 0.6) is 0 Å². The van der Waals surface area contributed by atoms with Gasteiger partial charge < -0.3 is 4.98 Å². The minimum Gasteiger partial charge on any atom is -0.306 e. The van der Waals surface area contributed by atoms with Crippen molar-refractivity contribution in [1.29, 1.82) is 0 Å². The zero-order chi connectivity index (χ0) is 20.0. The van der Waals surface area contributed by atoms with E-state index in [4.69, 9.17) is 0 Å². The lowest BCUT2D eigenvalue weighted by molar-refractivity contribution is 0.377. The summed E-state index contributed by atoms with van der Waals surface area (Å²) in [6.45, 7) is 0. The standard InChI is InChI=1S/C19H13F5N2OS/c20-13-9(14(21)16(23)17(24)15(13)22)6-7-11-25-18(27)12-8-4-2-1-3-5-10(8)28-19(12)26-11/h6-7H,1-5H2,(H,25,26,27)/b7-6+. The molecule has 146 valence electrons. The molecule has 0 radical (unpaired) electrons. The molecular formula is C19H13F5N2OS. The van der Waals surface area contributed by atoms with E-state index < -0.39 is 34.6 Å². The maximum atomic E-state index is 13.8. The number of nitrogens with zero attached hydrogens (tertiary/aromatic N) is 1. The molecule has 28 heavy (non-hydrogen) atoms. The minimum atomic E-state index is -2.22. The van der Waals surface area contributed by atoms with E-state index in [1.165, 1.54) is 11.3 Å². The Bertz CT molecular complexity index is 1150. The summed E-state index contributed by atoms with van der Waals surface area (Å²) < 4.78 is 67.3. The van der Waals surface area contributed by atoms with Crippen LogP contribution in [-0.2, 0) is 12.8 Å². The van der Waals surface area contributed by atoms with Crippen molar-refractivity contribution in [1.82, 2.24) is 9.97 Å². The van der Waals surface area contributed by atoms with Gasteiger partial charge in [0.25, 0.3) is 5.56 Å². The highest BCUT2D eigenvalue weighted by atomic mass is 32.1. The number of halogens is 5. The lowest BCUT2D eigenvalue weighted by Crippen LogP contribution is -2.10. The molecule has 0 saturated heterocycles. The predicted molar refractivity (Wildman–Crippen MR) is 96.7 cm³/mol. The zero-order valence-electron chi connectivity index (χ0n) is 14.3. The molecule has 1 aliphatic carbocycles. The lowest BCUT2D eigenvalue weighted by atomic mass is 10.1. The van der Waals surface area contributed by atoms with Crippen LogP contribution in [-0.4, -0.2) is 9.97 Å². The van der Waals surface area contributed by atoms with Crippen molar-refractivity contribution >= 4 is 33.7 Å². The van der Waals surface area contributed by atoms with Crippen molar-refractivity contribution in [3.8, 4) is 0 Å². The molecule has 0 saturated carbocycles. The fraction of sp³-hybridized carbons (Fsp3) is 0.263. The maximum absolute atomic E-state index is 13.8. The Labute approximate surface area is 159 Å². The van der Waals surface area contributed by atoms with Crippen LogP contribution < -0.4 is 5.56 Å². The first-order chi connectivity index (χ1) is 13.4. The fourth-order valence-corrected chi connectivity index (χ4v) is 4.64.